The fourth-order valence-corrected chi connectivity index (χ4v) is 2.06. The summed E-state index contributed by atoms with van der Waals surface area (Å²) in [6.45, 7) is 0. The summed E-state index contributed by atoms with van der Waals surface area (Å²) < 4.78 is 5.18. The van der Waals surface area contributed by atoms with Crippen molar-refractivity contribution in [2.24, 2.45) is 0 Å². The lowest BCUT2D eigenvalue weighted by Gasteiger charge is -2.05. The van der Waals surface area contributed by atoms with Crippen LogP contribution in [-0.4, -0.2) is 27.3 Å². The van der Waals surface area contributed by atoms with Crippen LogP contribution in [0, 0.1) is 0 Å². The molecule has 0 aliphatic heterocycles. The van der Waals surface area contributed by atoms with Crippen LogP contribution in [-0.2, 0) is 0 Å². The Balaban J connectivity index is 2.33. The minimum Gasteiger partial charge on any atom is -0.494 e. The molecule has 0 aliphatic rings. The standard InChI is InChI=1S/C12H9ClN4O2/c1-19-8-4-2-3-7-10(8)16-12(18)9(15-7)6-5-14-17-11(6)13/h2-5H,1H3,(H,14,17)(H,16,18). The molecule has 0 spiro atoms. The number of hydrogen-bond donors (Lipinski definition) is 2. The number of nitrogens with one attached hydrogen (secondary N) is 2. The van der Waals surface area contributed by atoms with Crippen LogP contribution < -0.4 is 10.3 Å². The molecule has 0 fully saturated rings. The SMILES string of the molecule is COc1cccc2nc(-c3cn[nH]c3Cl)c(=O)[nH]c12. The van der Waals surface area contributed by atoms with Gasteiger partial charge in [0.25, 0.3) is 5.56 Å². The minimum absolute atomic E-state index is 0.222. The molecule has 1 aromatic carbocycles. The summed E-state index contributed by atoms with van der Waals surface area (Å²) >= 11 is 5.92. The molecule has 3 rings (SSSR count). The maximum Gasteiger partial charge on any atom is 0.275 e. The lowest BCUT2D eigenvalue weighted by Crippen LogP contribution is -2.11. The van der Waals surface area contributed by atoms with Crippen molar-refractivity contribution >= 4 is 22.6 Å². The lowest BCUT2D eigenvalue weighted by molar-refractivity contribution is 0.418. The van der Waals surface area contributed by atoms with E-state index in [4.69, 9.17) is 16.3 Å². The molecule has 0 saturated heterocycles. The van der Waals surface area contributed by atoms with Crippen LogP contribution in [0.4, 0.5) is 0 Å². The molecule has 96 valence electrons. The highest BCUT2D eigenvalue weighted by Gasteiger charge is 2.14. The van der Waals surface area contributed by atoms with Gasteiger partial charge in [0.2, 0.25) is 0 Å². The van der Waals surface area contributed by atoms with Crippen LogP contribution >= 0.6 is 11.6 Å². The number of aromatic amines is 2. The van der Waals surface area contributed by atoms with Gasteiger partial charge in [0.05, 0.1) is 24.4 Å². The summed E-state index contributed by atoms with van der Waals surface area (Å²) in [4.78, 5) is 19.1. The number of rotatable bonds is 2. The Kier molecular flexibility index (Phi) is 2.72. The van der Waals surface area contributed by atoms with E-state index in [-0.39, 0.29) is 16.4 Å². The first-order valence-electron chi connectivity index (χ1n) is 5.47. The van der Waals surface area contributed by atoms with Crippen molar-refractivity contribution < 1.29 is 4.74 Å². The number of fused-ring (bicyclic) bond motifs is 1. The first kappa shape index (κ1) is 11.7. The van der Waals surface area contributed by atoms with Gasteiger partial charge in [-0.15, -0.1) is 0 Å². The second-order valence-electron chi connectivity index (χ2n) is 3.87. The van der Waals surface area contributed by atoms with Crippen LogP contribution in [0.3, 0.4) is 0 Å². The highest BCUT2D eigenvalue weighted by atomic mass is 35.5. The summed E-state index contributed by atoms with van der Waals surface area (Å²) in [7, 11) is 1.54. The summed E-state index contributed by atoms with van der Waals surface area (Å²) in [6, 6.07) is 5.34. The van der Waals surface area contributed by atoms with Crippen molar-refractivity contribution in [2.45, 2.75) is 0 Å². The van der Waals surface area contributed by atoms with E-state index < -0.39 is 0 Å². The highest BCUT2D eigenvalue weighted by molar-refractivity contribution is 6.32. The highest BCUT2D eigenvalue weighted by Crippen LogP contribution is 2.25. The third kappa shape index (κ3) is 1.86. The Morgan fingerprint density at radius 1 is 1.37 bits per heavy atom. The third-order valence-electron chi connectivity index (χ3n) is 2.76. The molecule has 0 radical (unpaired) electrons. The van der Waals surface area contributed by atoms with Crippen molar-refractivity contribution in [3.8, 4) is 17.0 Å². The zero-order valence-corrected chi connectivity index (χ0v) is 10.7. The molecule has 19 heavy (non-hydrogen) atoms. The van der Waals surface area contributed by atoms with Gasteiger partial charge < -0.3 is 9.72 Å². The number of halogens is 1. The number of benzene rings is 1. The molecule has 2 heterocycles. The molecule has 2 aromatic heterocycles. The number of hydrogen-bond acceptors (Lipinski definition) is 4. The average Bonchev–Trinajstić information content (AvgIpc) is 2.83. The first-order valence-corrected chi connectivity index (χ1v) is 5.85. The first-order chi connectivity index (χ1) is 9.20. The van der Waals surface area contributed by atoms with Crippen molar-refractivity contribution in [1.82, 2.24) is 20.2 Å². The van der Waals surface area contributed by atoms with Gasteiger partial charge in [0.15, 0.2) is 0 Å². The number of aromatic nitrogens is 4. The fourth-order valence-electron chi connectivity index (χ4n) is 1.87. The van der Waals surface area contributed by atoms with E-state index in [1.807, 2.05) is 0 Å². The van der Waals surface area contributed by atoms with Gasteiger partial charge in [0, 0.05) is 0 Å². The molecule has 6 nitrogen and oxygen atoms in total. The van der Waals surface area contributed by atoms with E-state index in [1.54, 1.807) is 18.2 Å². The van der Waals surface area contributed by atoms with E-state index in [1.165, 1.54) is 13.3 Å². The zero-order chi connectivity index (χ0) is 13.4. The molecule has 0 unspecified atom stereocenters. The van der Waals surface area contributed by atoms with Crippen LogP contribution in [0.2, 0.25) is 5.15 Å². The normalized spacial score (nSPS) is 10.8. The lowest BCUT2D eigenvalue weighted by atomic mass is 10.2. The van der Waals surface area contributed by atoms with Crippen molar-refractivity contribution in [2.75, 3.05) is 7.11 Å². The van der Waals surface area contributed by atoms with Gasteiger partial charge in [-0.05, 0) is 12.1 Å². The molecule has 0 bridgehead atoms. The summed E-state index contributed by atoms with van der Waals surface area (Å²) in [5, 5.41) is 6.62. The van der Waals surface area contributed by atoms with E-state index in [0.717, 1.165) is 0 Å². The van der Waals surface area contributed by atoms with Gasteiger partial charge in [-0.1, -0.05) is 17.7 Å². The predicted molar refractivity (Wildman–Crippen MR) is 71.5 cm³/mol. The molecule has 0 aliphatic carbocycles. The van der Waals surface area contributed by atoms with Gasteiger partial charge in [-0.3, -0.25) is 9.89 Å². The van der Waals surface area contributed by atoms with E-state index in [9.17, 15) is 4.79 Å². The molecular weight excluding hydrogens is 268 g/mol. The number of methoxy groups -OCH3 is 1. The number of ether oxygens (including phenoxy) is 1. The Bertz CT molecular complexity index is 809. The number of para-hydroxylation sites is 1. The summed E-state index contributed by atoms with van der Waals surface area (Å²) in [5.41, 5.74) is 1.51. The monoisotopic (exact) mass is 276 g/mol. The fraction of sp³-hybridized carbons (Fsp3) is 0.0833. The second kappa shape index (κ2) is 4.40. The second-order valence-corrected chi connectivity index (χ2v) is 4.24. The Hall–Kier alpha value is -2.34. The summed E-state index contributed by atoms with van der Waals surface area (Å²) in [5.74, 6) is 0.562. The van der Waals surface area contributed by atoms with Crippen molar-refractivity contribution in [1.29, 1.82) is 0 Å². The van der Waals surface area contributed by atoms with Crippen LogP contribution in [0.15, 0.2) is 29.2 Å². The Morgan fingerprint density at radius 3 is 2.89 bits per heavy atom. The van der Waals surface area contributed by atoms with Crippen LogP contribution in [0.25, 0.3) is 22.3 Å². The van der Waals surface area contributed by atoms with Gasteiger partial charge in [0.1, 0.15) is 22.1 Å². The van der Waals surface area contributed by atoms with E-state index in [2.05, 4.69) is 20.2 Å². The van der Waals surface area contributed by atoms with E-state index in [0.29, 0.717) is 22.3 Å². The molecule has 0 atom stereocenters. The van der Waals surface area contributed by atoms with Crippen molar-refractivity contribution in [3.05, 3.63) is 39.9 Å². The zero-order valence-electron chi connectivity index (χ0n) is 9.90. The maximum atomic E-state index is 12.1. The Labute approximate surface area is 112 Å². The average molecular weight is 277 g/mol. The maximum absolute atomic E-state index is 12.1. The van der Waals surface area contributed by atoms with Gasteiger partial charge >= 0.3 is 0 Å². The third-order valence-corrected chi connectivity index (χ3v) is 3.05. The van der Waals surface area contributed by atoms with Gasteiger partial charge in [-0.25, -0.2) is 4.98 Å². The Morgan fingerprint density at radius 2 is 2.21 bits per heavy atom. The smallest absolute Gasteiger partial charge is 0.275 e. The van der Waals surface area contributed by atoms with Crippen LogP contribution in [0.1, 0.15) is 0 Å². The largest absolute Gasteiger partial charge is 0.494 e. The molecule has 7 heteroatoms. The van der Waals surface area contributed by atoms with E-state index >= 15 is 0 Å². The van der Waals surface area contributed by atoms with Gasteiger partial charge in [-0.2, -0.15) is 5.10 Å². The molecule has 3 aromatic rings. The van der Waals surface area contributed by atoms with Crippen LogP contribution in [0.5, 0.6) is 5.75 Å². The molecule has 0 saturated carbocycles. The number of nitrogens with zero attached hydrogens (tertiary/aromatic N) is 2. The minimum atomic E-state index is -0.347. The molecule has 2 N–H and O–H groups in total. The summed E-state index contributed by atoms with van der Waals surface area (Å²) in [6.07, 6.45) is 1.46. The molecular formula is C12H9ClN4O2. The quantitative estimate of drug-likeness (QED) is 0.749. The predicted octanol–water partition coefficient (Wildman–Crippen LogP) is 1.98. The number of H-pyrrole nitrogens is 2. The topological polar surface area (TPSA) is 83.7 Å². The molecule has 0 amide bonds. The van der Waals surface area contributed by atoms with Crippen molar-refractivity contribution in [3.63, 3.8) is 0 Å².